The molecule has 0 radical (unpaired) electrons. The predicted octanol–water partition coefficient (Wildman–Crippen LogP) is 2.29. The van der Waals surface area contributed by atoms with Gasteiger partial charge in [-0.2, -0.15) is 0 Å². The predicted molar refractivity (Wildman–Crippen MR) is 67.9 cm³/mol. The zero-order valence-electron chi connectivity index (χ0n) is 10.4. The Labute approximate surface area is 103 Å². The summed E-state index contributed by atoms with van der Waals surface area (Å²) < 4.78 is 0. The van der Waals surface area contributed by atoms with E-state index in [1.807, 2.05) is 24.4 Å². The van der Waals surface area contributed by atoms with Crippen molar-refractivity contribution >= 4 is 5.78 Å². The fourth-order valence-electron chi connectivity index (χ4n) is 2.58. The summed E-state index contributed by atoms with van der Waals surface area (Å²) >= 11 is 0. The van der Waals surface area contributed by atoms with Crippen molar-refractivity contribution in [3.05, 3.63) is 30.1 Å². The van der Waals surface area contributed by atoms with Crippen LogP contribution in [0.25, 0.3) is 0 Å². The lowest BCUT2D eigenvalue weighted by Crippen LogP contribution is -2.39. The number of ketones is 1. The summed E-state index contributed by atoms with van der Waals surface area (Å²) in [5.41, 5.74) is 1.04. The van der Waals surface area contributed by atoms with Gasteiger partial charge in [0, 0.05) is 30.3 Å². The van der Waals surface area contributed by atoms with Crippen molar-refractivity contribution in [1.82, 2.24) is 10.3 Å². The van der Waals surface area contributed by atoms with Crippen LogP contribution < -0.4 is 5.32 Å². The molecule has 92 valence electrons. The van der Waals surface area contributed by atoms with Gasteiger partial charge >= 0.3 is 0 Å². The second-order valence-corrected chi connectivity index (χ2v) is 4.82. The average Bonchev–Trinajstić information content (AvgIpc) is 2.38. The smallest absolute Gasteiger partial charge is 0.130 e. The number of aromatic nitrogens is 1. The number of hydrogen-bond donors (Lipinski definition) is 1. The topological polar surface area (TPSA) is 42.0 Å². The molecule has 0 aliphatic carbocycles. The highest BCUT2D eigenvalue weighted by atomic mass is 16.1. The molecule has 2 atom stereocenters. The van der Waals surface area contributed by atoms with E-state index in [1.165, 1.54) is 12.8 Å². The van der Waals surface area contributed by atoms with E-state index in [0.717, 1.165) is 18.7 Å². The van der Waals surface area contributed by atoms with E-state index in [-0.39, 0.29) is 11.7 Å². The van der Waals surface area contributed by atoms with Crippen molar-refractivity contribution in [3.63, 3.8) is 0 Å². The molecule has 1 N–H and O–H groups in total. The Kier molecular flexibility index (Phi) is 4.26. The second-order valence-electron chi connectivity index (χ2n) is 4.82. The Morgan fingerprint density at radius 3 is 3.00 bits per heavy atom. The summed E-state index contributed by atoms with van der Waals surface area (Å²) in [6.07, 6.45) is 6.04. The maximum absolute atomic E-state index is 11.4. The lowest BCUT2D eigenvalue weighted by atomic mass is 9.86. The van der Waals surface area contributed by atoms with Crippen LogP contribution in [0.4, 0.5) is 0 Å². The van der Waals surface area contributed by atoms with Crippen molar-refractivity contribution in [2.24, 2.45) is 0 Å². The molecule has 1 saturated heterocycles. The fraction of sp³-hybridized carbons (Fsp3) is 0.571. The van der Waals surface area contributed by atoms with E-state index < -0.39 is 0 Å². The first kappa shape index (κ1) is 12.2. The summed E-state index contributed by atoms with van der Waals surface area (Å²) in [7, 11) is 0. The van der Waals surface area contributed by atoms with Crippen molar-refractivity contribution in [2.75, 3.05) is 6.54 Å². The summed E-state index contributed by atoms with van der Waals surface area (Å²) in [5.74, 6) is 0.474. The minimum absolute atomic E-state index is 0.231. The van der Waals surface area contributed by atoms with E-state index in [0.29, 0.717) is 12.5 Å². The van der Waals surface area contributed by atoms with E-state index >= 15 is 0 Å². The molecule has 17 heavy (non-hydrogen) atoms. The number of carbonyl (C=O) groups is 1. The van der Waals surface area contributed by atoms with Gasteiger partial charge in [0.05, 0.1) is 0 Å². The van der Waals surface area contributed by atoms with Gasteiger partial charge < -0.3 is 10.1 Å². The molecule has 1 aliphatic heterocycles. The quantitative estimate of drug-likeness (QED) is 0.866. The van der Waals surface area contributed by atoms with Crippen LogP contribution in [-0.4, -0.2) is 23.4 Å². The van der Waals surface area contributed by atoms with Gasteiger partial charge in [-0.25, -0.2) is 0 Å². The molecular weight excluding hydrogens is 212 g/mol. The van der Waals surface area contributed by atoms with Gasteiger partial charge in [-0.05, 0) is 38.4 Å². The van der Waals surface area contributed by atoms with Gasteiger partial charge in [0.15, 0.2) is 0 Å². The van der Waals surface area contributed by atoms with Crippen LogP contribution in [0.2, 0.25) is 0 Å². The molecule has 0 saturated carbocycles. The standard InChI is InChI=1S/C14H20N2O/c1-11(17)10-12(13-6-2-4-8-15-13)14-7-3-5-9-16-14/h2,4,6,8,12,14,16H,3,5,7,9-10H2,1H3. The van der Waals surface area contributed by atoms with Gasteiger partial charge in [-0.3, -0.25) is 4.98 Å². The molecule has 0 aromatic carbocycles. The van der Waals surface area contributed by atoms with E-state index in [2.05, 4.69) is 10.3 Å². The molecule has 1 aromatic rings. The number of rotatable bonds is 4. The molecule has 1 aliphatic rings. The number of piperidine rings is 1. The van der Waals surface area contributed by atoms with Crippen molar-refractivity contribution in [2.45, 2.75) is 44.6 Å². The van der Waals surface area contributed by atoms with Crippen molar-refractivity contribution in [1.29, 1.82) is 0 Å². The maximum atomic E-state index is 11.4. The van der Waals surface area contributed by atoms with E-state index in [1.54, 1.807) is 6.92 Å². The normalized spacial score (nSPS) is 22.1. The number of Topliss-reactive ketones (excluding diaryl/α,β-unsaturated/α-hetero) is 1. The minimum Gasteiger partial charge on any atom is -0.313 e. The van der Waals surface area contributed by atoms with Crippen LogP contribution >= 0.6 is 0 Å². The van der Waals surface area contributed by atoms with Crippen LogP contribution in [0.5, 0.6) is 0 Å². The van der Waals surface area contributed by atoms with E-state index in [9.17, 15) is 4.79 Å². The van der Waals surface area contributed by atoms with Gasteiger partial charge in [0.25, 0.3) is 0 Å². The molecule has 1 aromatic heterocycles. The second kappa shape index (κ2) is 5.92. The fourth-order valence-corrected chi connectivity index (χ4v) is 2.58. The van der Waals surface area contributed by atoms with Crippen LogP contribution in [0, 0.1) is 0 Å². The Morgan fingerprint density at radius 2 is 2.41 bits per heavy atom. The molecule has 1 fully saturated rings. The number of nitrogens with one attached hydrogen (secondary N) is 1. The molecule has 0 spiro atoms. The van der Waals surface area contributed by atoms with Crippen molar-refractivity contribution < 1.29 is 4.79 Å². The first-order valence-electron chi connectivity index (χ1n) is 6.41. The third-order valence-electron chi connectivity index (χ3n) is 3.41. The monoisotopic (exact) mass is 232 g/mol. The Balaban J connectivity index is 2.15. The van der Waals surface area contributed by atoms with Gasteiger partial charge in [0.1, 0.15) is 5.78 Å². The Morgan fingerprint density at radius 1 is 1.53 bits per heavy atom. The summed E-state index contributed by atoms with van der Waals surface area (Å²) in [6.45, 7) is 2.73. The number of nitrogens with zero attached hydrogens (tertiary/aromatic N) is 1. The largest absolute Gasteiger partial charge is 0.313 e. The first-order valence-corrected chi connectivity index (χ1v) is 6.41. The SMILES string of the molecule is CC(=O)CC(c1ccccn1)C1CCCCN1. The Hall–Kier alpha value is -1.22. The zero-order chi connectivity index (χ0) is 12.1. The highest BCUT2D eigenvalue weighted by Crippen LogP contribution is 2.27. The molecule has 3 heteroatoms. The van der Waals surface area contributed by atoms with Crippen LogP contribution in [-0.2, 0) is 4.79 Å². The van der Waals surface area contributed by atoms with Gasteiger partial charge in [-0.1, -0.05) is 12.5 Å². The highest BCUT2D eigenvalue weighted by Gasteiger charge is 2.26. The third-order valence-corrected chi connectivity index (χ3v) is 3.41. The molecular formula is C14H20N2O. The first-order chi connectivity index (χ1) is 8.27. The molecule has 0 amide bonds. The summed E-state index contributed by atoms with van der Waals surface area (Å²) in [6, 6.07) is 6.35. The zero-order valence-corrected chi connectivity index (χ0v) is 10.4. The molecule has 2 rings (SSSR count). The lowest BCUT2D eigenvalue weighted by molar-refractivity contribution is -0.117. The number of hydrogen-bond acceptors (Lipinski definition) is 3. The Bertz CT molecular complexity index is 358. The summed E-state index contributed by atoms with van der Waals surface area (Å²) in [4.78, 5) is 15.8. The van der Waals surface area contributed by atoms with E-state index in [4.69, 9.17) is 0 Å². The van der Waals surface area contributed by atoms with Crippen LogP contribution in [0.15, 0.2) is 24.4 Å². The third kappa shape index (κ3) is 3.37. The minimum atomic E-state index is 0.231. The lowest BCUT2D eigenvalue weighted by Gasteiger charge is -2.30. The summed E-state index contributed by atoms with van der Waals surface area (Å²) in [5, 5.41) is 3.53. The number of carbonyl (C=O) groups excluding carboxylic acids is 1. The molecule has 2 unspecified atom stereocenters. The highest BCUT2D eigenvalue weighted by molar-refractivity contribution is 5.76. The molecule has 3 nitrogen and oxygen atoms in total. The average molecular weight is 232 g/mol. The number of pyridine rings is 1. The maximum Gasteiger partial charge on any atom is 0.130 e. The van der Waals surface area contributed by atoms with Gasteiger partial charge in [0.2, 0.25) is 0 Å². The molecule has 0 bridgehead atoms. The van der Waals surface area contributed by atoms with Crippen LogP contribution in [0.1, 0.15) is 44.2 Å². The van der Waals surface area contributed by atoms with Crippen LogP contribution in [0.3, 0.4) is 0 Å². The van der Waals surface area contributed by atoms with Gasteiger partial charge in [-0.15, -0.1) is 0 Å². The molecule has 2 heterocycles. The van der Waals surface area contributed by atoms with Crippen molar-refractivity contribution in [3.8, 4) is 0 Å².